The summed E-state index contributed by atoms with van der Waals surface area (Å²) in [5, 5.41) is 12.2. The van der Waals surface area contributed by atoms with Gasteiger partial charge in [-0.3, -0.25) is 0 Å². The molecule has 0 atom stereocenters. The molecule has 10 nitrogen and oxygen atoms in total. The van der Waals surface area contributed by atoms with Gasteiger partial charge in [-0.15, -0.1) is 16.4 Å². The molecule has 5 heterocycles. The summed E-state index contributed by atoms with van der Waals surface area (Å²) in [5.74, 6) is 1.95. The second-order valence-electron chi connectivity index (χ2n) is 7.72. The van der Waals surface area contributed by atoms with Gasteiger partial charge in [0, 0.05) is 43.7 Å². The first-order chi connectivity index (χ1) is 16.7. The number of thiazole rings is 1. The molecule has 6 rings (SSSR count). The van der Waals surface area contributed by atoms with Crippen molar-refractivity contribution in [2.24, 2.45) is 0 Å². The lowest BCUT2D eigenvalue weighted by molar-refractivity contribution is 0.303. The Morgan fingerprint density at radius 3 is 2.79 bits per heavy atom. The predicted molar refractivity (Wildman–Crippen MR) is 131 cm³/mol. The molecule has 1 aromatic carbocycles. The van der Waals surface area contributed by atoms with Crippen molar-refractivity contribution in [3.63, 3.8) is 0 Å². The van der Waals surface area contributed by atoms with Crippen LogP contribution in [0, 0.1) is 0 Å². The van der Waals surface area contributed by atoms with Gasteiger partial charge in [0.2, 0.25) is 4.96 Å². The fraction of sp³-hybridized carbons (Fsp3) is 0.318. The number of hydrogen-bond donors (Lipinski definition) is 1. The smallest absolute Gasteiger partial charge is 0.294 e. The Bertz CT molecular complexity index is 1420. The van der Waals surface area contributed by atoms with Gasteiger partial charge in [0.15, 0.2) is 10.9 Å². The highest BCUT2D eigenvalue weighted by molar-refractivity contribution is 7.18. The normalized spacial score (nSPS) is 14.2. The summed E-state index contributed by atoms with van der Waals surface area (Å²) in [7, 11) is 3.21. The van der Waals surface area contributed by atoms with Crippen molar-refractivity contribution in [2.45, 2.75) is 6.61 Å². The van der Waals surface area contributed by atoms with E-state index in [0.717, 1.165) is 47.4 Å². The van der Waals surface area contributed by atoms with Crippen LogP contribution < -0.4 is 24.4 Å². The Hall–Kier alpha value is -3.35. The zero-order valence-electron chi connectivity index (χ0n) is 18.6. The molecular weight excluding hydrogens is 476 g/mol. The third-order valence-corrected chi connectivity index (χ3v) is 7.40. The third kappa shape index (κ3) is 3.93. The molecule has 1 aliphatic heterocycles. The van der Waals surface area contributed by atoms with E-state index in [1.807, 2.05) is 24.4 Å². The van der Waals surface area contributed by atoms with Crippen molar-refractivity contribution in [2.75, 3.05) is 45.3 Å². The summed E-state index contributed by atoms with van der Waals surface area (Å²) in [6, 6.07) is 5.64. The summed E-state index contributed by atoms with van der Waals surface area (Å²) in [4.78, 5) is 12.4. The zero-order chi connectivity index (χ0) is 23.1. The number of nitrogens with one attached hydrogen (secondary N) is 1. The summed E-state index contributed by atoms with van der Waals surface area (Å²) in [6.07, 6.45) is 1.82. The van der Waals surface area contributed by atoms with Crippen LogP contribution in [-0.4, -0.2) is 60.0 Å². The monoisotopic (exact) mass is 498 g/mol. The molecule has 0 amide bonds. The minimum atomic E-state index is 0.356. The number of imidazole rings is 1. The lowest BCUT2D eigenvalue weighted by atomic mass is 10.2. The molecular formula is C22H22N6O4S2. The first-order valence-electron chi connectivity index (χ1n) is 10.7. The van der Waals surface area contributed by atoms with Crippen LogP contribution in [0.5, 0.6) is 16.7 Å². The second kappa shape index (κ2) is 8.78. The van der Waals surface area contributed by atoms with Crippen LogP contribution in [0.1, 0.15) is 5.69 Å². The first-order valence-corrected chi connectivity index (χ1v) is 12.4. The number of fused-ring (bicyclic) bond motifs is 2. The molecule has 1 N–H and O–H groups in total. The first kappa shape index (κ1) is 21.2. The van der Waals surface area contributed by atoms with Gasteiger partial charge in [0.1, 0.15) is 29.4 Å². The number of rotatable bonds is 7. The third-order valence-electron chi connectivity index (χ3n) is 5.56. The van der Waals surface area contributed by atoms with Gasteiger partial charge in [0.05, 0.1) is 31.5 Å². The van der Waals surface area contributed by atoms with E-state index in [-0.39, 0.29) is 0 Å². The van der Waals surface area contributed by atoms with E-state index < -0.39 is 0 Å². The summed E-state index contributed by atoms with van der Waals surface area (Å²) >= 11 is 3.01. The van der Waals surface area contributed by atoms with Crippen molar-refractivity contribution in [1.82, 2.24) is 24.9 Å². The molecule has 4 aromatic heterocycles. The highest BCUT2D eigenvalue weighted by atomic mass is 32.1. The fourth-order valence-corrected chi connectivity index (χ4v) is 5.41. The lowest BCUT2D eigenvalue weighted by Gasteiger charge is -2.26. The molecule has 1 saturated heterocycles. The molecule has 34 heavy (non-hydrogen) atoms. The van der Waals surface area contributed by atoms with Crippen molar-refractivity contribution in [3.8, 4) is 28.1 Å². The molecule has 0 aliphatic carbocycles. The van der Waals surface area contributed by atoms with Gasteiger partial charge in [-0.2, -0.15) is 0 Å². The van der Waals surface area contributed by atoms with Gasteiger partial charge in [0.25, 0.3) is 5.19 Å². The van der Waals surface area contributed by atoms with Crippen LogP contribution in [0.2, 0.25) is 0 Å². The van der Waals surface area contributed by atoms with Gasteiger partial charge in [-0.1, -0.05) is 0 Å². The number of furan rings is 1. The standard InChI is InChI=1S/C22H22N6O4S2/c1-29-14-7-17(31-11-13-12-33-20(24-13)27-5-3-23-4-6-27)15-9-19(32-18(15)8-14)16-10-28-21(25-16)34-22(26-28)30-2/h7-10,12,23H,3-6,11H2,1-2H3. The lowest BCUT2D eigenvalue weighted by Crippen LogP contribution is -2.43. The van der Waals surface area contributed by atoms with Crippen LogP contribution in [0.25, 0.3) is 27.4 Å². The number of aromatic nitrogens is 4. The van der Waals surface area contributed by atoms with Crippen molar-refractivity contribution in [1.29, 1.82) is 0 Å². The highest BCUT2D eigenvalue weighted by Crippen LogP contribution is 2.37. The van der Waals surface area contributed by atoms with Crippen LogP contribution in [0.4, 0.5) is 5.13 Å². The number of piperazine rings is 1. The summed E-state index contributed by atoms with van der Waals surface area (Å²) in [6.45, 7) is 4.25. The van der Waals surface area contributed by atoms with E-state index in [0.29, 0.717) is 40.3 Å². The Kier molecular flexibility index (Phi) is 5.47. The maximum absolute atomic E-state index is 6.19. The number of nitrogens with zero attached hydrogens (tertiary/aromatic N) is 5. The van der Waals surface area contributed by atoms with Gasteiger partial charge in [-0.25, -0.2) is 14.5 Å². The van der Waals surface area contributed by atoms with Crippen LogP contribution in [0.15, 0.2) is 34.2 Å². The fourth-order valence-electron chi connectivity index (χ4n) is 3.84. The molecule has 0 bridgehead atoms. The van der Waals surface area contributed by atoms with Crippen LogP contribution in [-0.2, 0) is 6.61 Å². The Labute approximate surface area is 202 Å². The molecule has 5 aromatic rings. The minimum absolute atomic E-state index is 0.356. The van der Waals surface area contributed by atoms with E-state index in [4.69, 9.17) is 23.6 Å². The summed E-state index contributed by atoms with van der Waals surface area (Å²) in [5.41, 5.74) is 2.24. The average Bonchev–Trinajstić information content (AvgIpc) is 3.65. The molecule has 0 radical (unpaired) electrons. The van der Waals surface area contributed by atoms with Crippen molar-refractivity contribution < 1.29 is 18.6 Å². The number of anilines is 1. The quantitative estimate of drug-likeness (QED) is 0.360. The van der Waals surface area contributed by atoms with Gasteiger partial charge in [-0.05, 0) is 17.4 Å². The molecule has 176 valence electrons. The number of hydrogen-bond acceptors (Lipinski definition) is 11. The predicted octanol–water partition coefficient (Wildman–Crippen LogP) is 3.67. The Morgan fingerprint density at radius 2 is 2.00 bits per heavy atom. The number of methoxy groups -OCH3 is 2. The minimum Gasteiger partial charge on any atom is -0.496 e. The molecule has 0 spiro atoms. The van der Waals surface area contributed by atoms with Gasteiger partial charge >= 0.3 is 0 Å². The van der Waals surface area contributed by atoms with E-state index in [1.54, 1.807) is 30.1 Å². The molecule has 1 fully saturated rings. The molecule has 1 aliphatic rings. The second-order valence-corrected chi connectivity index (χ2v) is 9.48. The number of benzene rings is 1. The molecule has 0 unspecified atom stereocenters. The largest absolute Gasteiger partial charge is 0.496 e. The van der Waals surface area contributed by atoms with Gasteiger partial charge < -0.3 is 28.8 Å². The van der Waals surface area contributed by atoms with Crippen LogP contribution >= 0.6 is 22.7 Å². The zero-order valence-corrected chi connectivity index (χ0v) is 20.2. The van der Waals surface area contributed by atoms with E-state index in [2.05, 4.69) is 25.7 Å². The summed E-state index contributed by atoms with van der Waals surface area (Å²) < 4.78 is 24.6. The Morgan fingerprint density at radius 1 is 1.12 bits per heavy atom. The highest BCUT2D eigenvalue weighted by Gasteiger charge is 2.18. The SMILES string of the molecule is COc1cc(OCc2csc(N3CCNCC3)n2)c2cc(-c3cn4nc(OC)sc4n3)oc2c1. The molecule has 0 saturated carbocycles. The maximum atomic E-state index is 6.19. The maximum Gasteiger partial charge on any atom is 0.294 e. The van der Waals surface area contributed by atoms with Crippen molar-refractivity contribution in [3.05, 3.63) is 35.5 Å². The van der Waals surface area contributed by atoms with E-state index in [1.165, 1.54) is 11.3 Å². The van der Waals surface area contributed by atoms with E-state index in [9.17, 15) is 0 Å². The van der Waals surface area contributed by atoms with Crippen LogP contribution in [0.3, 0.4) is 0 Å². The molecule has 12 heteroatoms. The number of ether oxygens (including phenoxy) is 3. The van der Waals surface area contributed by atoms with E-state index >= 15 is 0 Å². The topological polar surface area (TPSA) is 99.2 Å². The Balaban J connectivity index is 1.27. The van der Waals surface area contributed by atoms with Crippen molar-refractivity contribution >= 4 is 43.7 Å². The average molecular weight is 499 g/mol.